The lowest BCUT2D eigenvalue weighted by Crippen LogP contribution is -2.35. The summed E-state index contributed by atoms with van der Waals surface area (Å²) in [5.41, 5.74) is 0.145. The van der Waals surface area contributed by atoms with Crippen molar-refractivity contribution in [3.8, 4) is 0 Å². The third-order valence-corrected chi connectivity index (χ3v) is 3.86. The highest BCUT2D eigenvalue weighted by Crippen LogP contribution is 2.10. The van der Waals surface area contributed by atoms with Gasteiger partial charge in [0.05, 0.1) is 29.9 Å². The monoisotopic (exact) mass is 291 g/mol. The number of rotatable bonds is 4. The summed E-state index contributed by atoms with van der Waals surface area (Å²) in [6.45, 7) is 2.71. The minimum absolute atomic E-state index is 0.175. The molecule has 1 fully saturated rings. The zero-order valence-corrected chi connectivity index (χ0v) is 11.7. The Bertz CT molecular complexity index is 695. The van der Waals surface area contributed by atoms with E-state index in [4.69, 9.17) is 0 Å². The van der Waals surface area contributed by atoms with Crippen molar-refractivity contribution in [3.63, 3.8) is 0 Å². The van der Waals surface area contributed by atoms with Crippen LogP contribution in [0.3, 0.4) is 0 Å². The molecular weight excluding hydrogens is 273 g/mol. The van der Waals surface area contributed by atoms with E-state index in [9.17, 15) is 14.3 Å². The fourth-order valence-corrected chi connectivity index (χ4v) is 2.81. The first kappa shape index (κ1) is 14.2. The second kappa shape index (κ2) is 5.91. The van der Waals surface area contributed by atoms with Gasteiger partial charge in [0.15, 0.2) is 0 Å². The molecule has 21 heavy (non-hydrogen) atoms. The average molecular weight is 291 g/mol. The summed E-state index contributed by atoms with van der Waals surface area (Å²) in [4.78, 5) is 18.6. The van der Waals surface area contributed by atoms with Crippen LogP contribution in [0.2, 0.25) is 0 Å². The Morgan fingerprint density at radius 1 is 1.29 bits per heavy atom. The van der Waals surface area contributed by atoms with E-state index in [-0.39, 0.29) is 17.5 Å². The SMILES string of the molecule is O=c1c2cc(F)ccc2ncn1C[C@H](O)CN1CCCC1. The van der Waals surface area contributed by atoms with E-state index in [0.717, 1.165) is 25.9 Å². The van der Waals surface area contributed by atoms with Crippen molar-refractivity contribution in [2.24, 2.45) is 0 Å². The molecule has 1 aliphatic rings. The van der Waals surface area contributed by atoms with Crippen LogP contribution in [0.4, 0.5) is 4.39 Å². The lowest BCUT2D eigenvalue weighted by atomic mass is 10.2. The van der Waals surface area contributed by atoms with E-state index in [1.54, 1.807) is 0 Å². The summed E-state index contributed by atoms with van der Waals surface area (Å²) in [7, 11) is 0. The maximum Gasteiger partial charge on any atom is 0.261 e. The molecule has 0 aliphatic carbocycles. The number of likely N-dealkylation sites (tertiary alicyclic amines) is 1. The van der Waals surface area contributed by atoms with Gasteiger partial charge >= 0.3 is 0 Å². The summed E-state index contributed by atoms with van der Waals surface area (Å²) in [6, 6.07) is 3.95. The van der Waals surface area contributed by atoms with Gasteiger partial charge in [0.25, 0.3) is 5.56 Å². The van der Waals surface area contributed by atoms with E-state index in [2.05, 4.69) is 9.88 Å². The van der Waals surface area contributed by atoms with Gasteiger partial charge in [-0.3, -0.25) is 9.36 Å². The Morgan fingerprint density at radius 3 is 2.81 bits per heavy atom. The highest BCUT2D eigenvalue weighted by molar-refractivity contribution is 5.77. The summed E-state index contributed by atoms with van der Waals surface area (Å²) >= 11 is 0. The van der Waals surface area contributed by atoms with Crippen LogP contribution in [0.25, 0.3) is 10.9 Å². The molecule has 0 unspecified atom stereocenters. The number of aliphatic hydroxyl groups excluding tert-OH is 1. The van der Waals surface area contributed by atoms with Crippen molar-refractivity contribution in [1.82, 2.24) is 14.5 Å². The number of fused-ring (bicyclic) bond motifs is 1. The van der Waals surface area contributed by atoms with Gasteiger partial charge in [0, 0.05) is 6.54 Å². The Labute approximate surface area is 121 Å². The third-order valence-electron chi connectivity index (χ3n) is 3.86. The van der Waals surface area contributed by atoms with Gasteiger partial charge in [-0.2, -0.15) is 0 Å². The lowest BCUT2D eigenvalue weighted by Gasteiger charge is -2.19. The molecule has 6 heteroatoms. The van der Waals surface area contributed by atoms with Crippen molar-refractivity contribution in [3.05, 3.63) is 40.7 Å². The number of nitrogens with zero attached hydrogens (tertiary/aromatic N) is 3. The lowest BCUT2D eigenvalue weighted by molar-refractivity contribution is 0.108. The van der Waals surface area contributed by atoms with Gasteiger partial charge in [-0.1, -0.05) is 0 Å². The average Bonchev–Trinajstić information content (AvgIpc) is 2.95. The largest absolute Gasteiger partial charge is 0.390 e. The number of aliphatic hydroxyl groups is 1. The molecule has 2 heterocycles. The van der Waals surface area contributed by atoms with Gasteiger partial charge < -0.3 is 10.0 Å². The van der Waals surface area contributed by atoms with E-state index < -0.39 is 11.9 Å². The molecule has 1 aromatic carbocycles. The van der Waals surface area contributed by atoms with Gasteiger partial charge in [-0.15, -0.1) is 0 Å². The molecule has 1 aliphatic heterocycles. The molecule has 2 aromatic rings. The molecule has 0 saturated carbocycles. The highest BCUT2D eigenvalue weighted by atomic mass is 19.1. The first-order valence-electron chi connectivity index (χ1n) is 7.18. The molecule has 0 amide bonds. The quantitative estimate of drug-likeness (QED) is 0.913. The van der Waals surface area contributed by atoms with Crippen molar-refractivity contribution < 1.29 is 9.50 Å². The fourth-order valence-electron chi connectivity index (χ4n) is 2.81. The van der Waals surface area contributed by atoms with Crippen LogP contribution in [0.1, 0.15) is 12.8 Å². The minimum atomic E-state index is -0.631. The first-order chi connectivity index (χ1) is 10.1. The minimum Gasteiger partial charge on any atom is -0.390 e. The molecule has 112 valence electrons. The Morgan fingerprint density at radius 2 is 2.05 bits per heavy atom. The van der Waals surface area contributed by atoms with Crippen molar-refractivity contribution in [2.75, 3.05) is 19.6 Å². The maximum atomic E-state index is 13.2. The summed E-state index contributed by atoms with van der Waals surface area (Å²) in [5.74, 6) is -0.461. The normalized spacial score (nSPS) is 17.4. The fraction of sp³-hybridized carbons (Fsp3) is 0.467. The molecule has 3 rings (SSSR count). The van der Waals surface area contributed by atoms with Gasteiger partial charge in [-0.25, -0.2) is 9.37 Å². The second-order valence-electron chi connectivity index (χ2n) is 5.53. The zero-order valence-electron chi connectivity index (χ0n) is 11.7. The van der Waals surface area contributed by atoms with Crippen LogP contribution in [-0.4, -0.2) is 45.3 Å². The molecule has 1 N–H and O–H groups in total. The third kappa shape index (κ3) is 3.11. The van der Waals surface area contributed by atoms with Gasteiger partial charge in [-0.05, 0) is 44.1 Å². The van der Waals surface area contributed by atoms with Crippen molar-refractivity contribution >= 4 is 10.9 Å². The van der Waals surface area contributed by atoms with E-state index in [0.29, 0.717) is 12.1 Å². The molecular formula is C15H18FN3O2. The van der Waals surface area contributed by atoms with Gasteiger partial charge in [0.1, 0.15) is 5.82 Å². The number of hydrogen-bond acceptors (Lipinski definition) is 4. The second-order valence-corrected chi connectivity index (χ2v) is 5.53. The molecule has 1 atom stereocenters. The van der Waals surface area contributed by atoms with Crippen LogP contribution in [0, 0.1) is 5.82 Å². The number of β-amino-alcohol motifs (C(OH)–C–C–N with tert-alkyl or cyclic N) is 1. The molecule has 1 aromatic heterocycles. The predicted molar refractivity (Wildman–Crippen MR) is 77.6 cm³/mol. The Kier molecular flexibility index (Phi) is 3.98. The number of aromatic nitrogens is 2. The van der Waals surface area contributed by atoms with Crippen LogP contribution < -0.4 is 5.56 Å². The summed E-state index contributed by atoms with van der Waals surface area (Å²) in [5, 5.41) is 10.4. The predicted octanol–water partition coefficient (Wildman–Crippen LogP) is 0.992. The molecule has 0 spiro atoms. The summed E-state index contributed by atoms with van der Waals surface area (Å²) in [6.07, 6.45) is 3.09. The number of hydrogen-bond donors (Lipinski definition) is 1. The van der Waals surface area contributed by atoms with Crippen molar-refractivity contribution in [1.29, 1.82) is 0 Å². The van der Waals surface area contributed by atoms with E-state index in [1.165, 1.54) is 29.1 Å². The molecule has 0 bridgehead atoms. The highest BCUT2D eigenvalue weighted by Gasteiger charge is 2.17. The molecule has 1 saturated heterocycles. The Balaban J connectivity index is 1.80. The smallest absolute Gasteiger partial charge is 0.261 e. The van der Waals surface area contributed by atoms with E-state index in [1.807, 2.05) is 0 Å². The van der Waals surface area contributed by atoms with Gasteiger partial charge in [0.2, 0.25) is 0 Å². The maximum absolute atomic E-state index is 13.2. The molecule has 0 radical (unpaired) electrons. The number of halogens is 1. The standard InChI is InChI=1S/C15H18FN3O2/c16-11-3-4-14-13(7-11)15(21)19(10-17-14)9-12(20)8-18-5-1-2-6-18/h3-4,7,10,12,20H,1-2,5-6,8-9H2/t12-/m1/s1. The number of benzene rings is 1. The summed E-state index contributed by atoms with van der Waals surface area (Å²) < 4.78 is 14.6. The van der Waals surface area contributed by atoms with Crippen LogP contribution >= 0.6 is 0 Å². The van der Waals surface area contributed by atoms with Crippen LogP contribution in [0.15, 0.2) is 29.3 Å². The topological polar surface area (TPSA) is 58.4 Å². The first-order valence-corrected chi connectivity index (χ1v) is 7.18. The van der Waals surface area contributed by atoms with Crippen LogP contribution in [-0.2, 0) is 6.54 Å². The zero-order chi connectivity index (χ0) is 14.8. The van der Waals surface area contributed by atoms with Crippen molar-refractivity contribution in [2.45, 2.75) is 25.5 Å². The van der Waals surface area contributed by atoms with Crippen LogP contribution in [0.5, 0.6) is 0 Å². The van der Waals surface area contributed by atoms with E-state index >= 15 is 0 Å². The molecule has 5 nitrogen and oxygen atoms in total. The Hall–Kier alpha value is -1.79.